The van der Waals surface area contributed by atoms with Gasteiger partial charge in [0, 0.05) is 5.75 Å². The Bertz CT molecular complexity index is 297. The molecular formula is C9H8ClNS. The van der Waals surface area contributed by atoms with E-state index in [0.29, 0.717) is 0 Å². The van der Waals surface area contributed by atoms with Gasteiger partial charge in [-0.1, -0.05) is 41.9 Å². The van der Waals surface area contributed by atoms with Crippen LogP contribution in [0, 0.1) is 0 Å². The monoisotopic (exact) mass is 197 g/mol. The van der Waals surface area contributed by atoms with E-state index in [9.17, 15) is 0 Å². The van der Waals surface area contributed by atoms with Crippen molar-refractivity contribution in [2.75, 3.05) is 5.75 Å². The van der Waals surface area contributed by atoms with Gasteiger partial charge in [-0.05, 0) is 5.56 Å². The van der Waals surface area contributed by atoms with E-state index in [-0.39, 0.29) is 4.83 Å². The molecule has 1 aliphatic heterocycles. The maximum Gasteiger partial charge on any atom is 0.169 e. The first-order valence-corrected chi connectivity index (χ1v) is 5.22. The summed E-state index contributed by atoms with van der Waals surface area (Å²) < 4.78 is 0. The molecular weight excluding hydrogens is 190 g/mol. The molecule has 0 fully saturated rings. The average Bonchev–Trinajstić information content (AvgIpc) is 2.54. The number of aliphatic imine (C=N–C) groups is 1. The fourth-order valence-electron chi connectivity index (χ4n) is 1.13. The highest BCUT2D eigenvalue weighted by molar-refractivity contribution is 8.02. The predicted molar refractivity (Wildman–Crippen MR) is 55.1 cm³/mol. The highest BCUT2D eigenvalue weighted by Gasteiger charge is 2.15. The molecule has 1 unspecified atom stereocenters. The maximum atomic E-state index is 5.83. The molecule has 62 valence electrons. The van der Waals surface area contributed by atoms with Gasteiger partial charge in [0.05, 0.1) is 5.71 Å². The molecule has 1 aliphatic rings. The standard InChI is InChI=1S/C9H8ClNS/c10-9-11-8(6-12-9)7-4-2-1-3-5-7/h1-5,9H,6H2. The van der Waals surface area contributed by atoms with Crippen molar-refractivity contribution in [2.45, 2.75) is 4.83 Å². The third-order valence-electron chi connectivity index (χ3n) is 1.72. The van der Waals surface area contributed by atoms with Gasteiger partial charge in [-0.25, -0.2) is 0 Å². The first kappa shape index (κ1) is 8.14. The molecule has 0 aromatic heterocycles. The predicted octanol–water partition coefficient (Wildman–Crippen LogP) is 2.74. The first-order valence-electron chi connectivity index (χ1n) is 3.74. The number of halogens is 1. The molecule has 0 bridgehead atoms. The van der Waals surface area contributed by atoms with Crippen LogP contribution in [0.15, 0.2) is 35.3 Å². The molecule has 0 amide bonds. The summed E-state index contributed by atoms with van der Waals surface area (Å²) in [4.78, 5) is 4.22. The van der Waals surface area contributed by atoms with Crippen LogP contribution >= 0.6 is 23.4 Å². The quantitative estimate of drug-likeness (QED) is 0.498. The molecule has 1 aromatic rings. The fourth-order valence-corrected chi connectivity index (χ4v) is 2.18. The summed E-state index contributed by atoms with van der Waals surface area (Å²) in [6.45, 7) is 0. The molecule has 1 heterocycles. The number of alkyl halides is 1. The van der Waals surface area contributed by atoms with Crippen molar-refractivity contribution < 1.29 is 0 Å². The fraction of sp³-hybridized carbons (Fsp3) is 0.222. The average molecular weight is 198 g/mol. The topological polar surface area (TPSA) is 12.4 Å². The van der Waals surface area contributed by atoms with Gasteiger partial charge in [0.1, 0.15) is 0 Å². The summed E-state index contributed by atoms with van der Waals surface area (Å²) in [6, 6.07) is 10.2. The van der Waals surface area contributed by atoms with Gasteiger partial charge in [-0.15, -0.1) is 11.8 Å². The molecule has 0 spiro atoms. The molecule has 0 radical (unpaired) electrons. The lowest BCUT2D eigenvalue weighted by Gasteiger charge is -1.96. The molecule has 0 aliphatic carbocycles. The van der Waals surface area contributed by atoms with E-state index in [1.165, 1.54) is 5.56 Å². The molecule has 1 atom stereocenters. The van der Waals surface area contributed by atoms with E-state index < -0.39 is 0 Å². The Balaban J connectivity index is 2.27. The van der Waals surface area contributed by atoms with Gasteiger partial charge in [-0.3, -0.25) is 4.99 Å². The second-order valence-corrected chi connectivity index (χ2v) is 4.29. The molecule has 2 rings (SSSR count). The zero-order chi connectivity index (χ0) is 8.39. The van der Waals surface area contributed by atoms with Crippen molar-refractivity contribution in [3.63, 3.8) is 0 Å². The minimum absolute atomic E-state index is 0.0831. The van der Waals surface area contributed by atoms with Crippen molar-refractivity contribution in [1.29, 1.82) is 0 Å². The second-order valence-electron chi connectivity index (χ2n) is 2.54. The lowest BCUT2D eigenvalue weighted by Crippen LogP contribution is -1.98. The Hall–Kier alpha value is -0.470. The van der Waals surface area contributed by atoms with E-state index in [1.807, 2.05) is 18.2 Å². The van der Waals surface area contributed by atoms with Crippen LogP contribution in [-0.4, -0.2) is 16.3 Å². The number of hydrogen-bond acceptors (Lipinski definition) is 2. The molecule has 0 N–H and O–H groups in total. The van der Waals surface area contributed by atoms with E-state index in [2.05, 4.69) is 17.1 Å². The van der Waals surface area contributed by atoms with Crippen LogP contribution in [0.1, 0.15) is 5.56 Å². The number of thioether (sulfide) groups is 1. The van der Waals surface area contributed by atoms with Crippen molar-refractivity contribution in [1.82, 2.24) is 0 Å². The second kappa shape index (κ2) is 3.50. The third kappa shape index (κ3) is 1.65. The maximum absolute atomic E-state index is 5.83. The van der Waals surface area contributed by atoms with Crippen LogP contribution in [-0.2, 0) is 0 Å². The number of benzene rings is 1. The van der Waals surface area contributed by atoms with Crippen LogP contribution < -0.4 is 0 Å². The molecule has 0 saturated heterocycles. The Labute approximate surface area is 80.8 Å². The normalized spacial score (nSPS) is 22.4. The van der Waals surface area contributed by atoms with Crippen molar-refractivity contribution in [3.8, 4) is 0 Å². The van der Waals surface area contributed by atoms with Crippen LogP contribution in [0.25, 0.3) is 0 Å². The SMILES string of the molecule is ClC1N=C(c2ccccc2)CS1. The van der Waals surface area contributed by atoms with Gasteiger partial charge >= 0.3 is 0 Å². The summed E-state index contributed by atoms with van der Waals surface area (Å²) >= 11 is 7.49. The third-order valence-corrected chi connectivity index (χ3v) is 3.02. The minimum Gasteiger partial charge on any atom is -0.258 e. The van der Waals surface area contributed by atoms with Crippen LogP contribution in [0.2, 0.25) is 0 Å². The molecule has 1 aromatic carbocycles. The highest BCUT2D eigenvalue weighted by atomic mass is 35.5. The van der Waals surface area contributed by atoms with Gasteiger partial charge in [0.15, 0.2) is 4.83 Å². The van der Waals surface area contributed by atoms with E-state index >= 15 is 0 Å². The zero-order valence-electron chi connectivity index (χ0n) is 6.40. The van der Waals surface area contributed by atoms with Gasteiger partial charge in [-0.2, -0.15) is 0 Å². The van der Waals surface area contributed by atoms with E-state index in [1.54, 1.807) is 11.8 Å². The summed E-state index contributed by atoms with van der Waals surface area (Å²) in [5, 5.41) is 0. The molecule has 1 nitrogen and oxygen atoms in total. The smallest absolute Gasteiger partial charge is 0.169 e. The minimum atomic E-state index is -0.0831. The summed E-state index contributed by atoms with van der Waals surface area (Å²) in [7, 11) is 0. The first-order chi connectivity index (χ1) is 5.86. The van der Waals surface area contributed by atoms with E-state index in [0.717, 1.165) is 11.5 Å². The Morgan fingerprint density at radius 1 is 1.33 bits per heavy atom. The van der Waals surface area contributed by atoms with Crippen molar-refractivity contribution in [3.05, 3.63) is 35.9 Å². The Morgan fingerprint density at radius 3 is 2.67 bits per heavy atom. The van der Waals surface area contributed by atoms with Crippen molar-refractivity contribution >= 4 is 29.1 Å². The summed E-state index contributed by atoms with van der Waals surface area (Å²) in [5.41, 5.74) is 2.30. The van der Waals surface area contributed by atoms with Crippen LogP contribution in [0.3, 0.4) is 0 Å². The van der Waals surface area contributed by atoms with Gasteiger partial charge < -0.3 is 0 Å². The molecule has 12 heavy (non-hydrogen) atoms. The van der Waals surface area contributed by atoms with E-state index in [4.69, 9.17) is 11.6 Å². The Morgan fingerprint density at radius 2 is 2.08 bits per heavy atom. The highest BCUT2D eigenvalue weighted by Crippen LogP contribution is 2.25. The number of rotatable bonds is 1. The van der Waals surface area contributed by atoms with Gasteiger partial charge in [0.25, 0.3) is 0 Å². The largest absolute Gasteiger partial charge is 0.258 e. The lowest BCUT2D eigenvalue weighted by molar-refractivity contribution is 1.30. The summed E-state index contributed by atoms with van der Waals surface area (Å²) in [6.07, 6.45) is 0. The Kier molecular flexibility index (Phi) is 2.38. The zero-order valence-corrected chi connectivity index (χ0v) is 7.98. The van der Waals surface area contributed by atoms with Crippen LogP contribution in [0.5, 0.6) is 0 Å². The molecule has 0 saturated carbocycles. The van der Waals surface area contributed by atoms with Gasteiger partial charge in [0.2, 0.25) is 0 Å². The summed E-state index contributed by atoms with van der Waals surface area (Å²) in [5.74, 6) is 0.929. The number of nitrogens with zero attached hydrogens (tertiary/aromatic N) is 1. The molecule has 3 heteroatoms. The van der Waals surface area contributed by atoms with Crippen molar-refractivity contribution in [2.24, 2.45) is 4.99 Å². The van der Waals surface area contributed by atoms with Crippen LogP contribution in [0.4, 0.5) is 0 Å². The number of hydrogen-bond donors (Lipinski definition) is 0. The lowest BCUT2D eigenvalue weighted by atomic mass is 10.1.